The Morgan fingerprint density at radius 2 is 1.61 bits per heavy atom. The average Bonchev–Trinajstić information content (AvgIpc) is 2.70. The minimum absolute atomic E-state index is 0.262. The number of aromatic nitrogens is 1. The van der Waals surface area contributed by atoms with Gasteiger partial charge in [0.05, 0.1) is 5.69 Å². The molecule has 3 aromatic carbocycles. The van der Waals surface area contributed by atoms with Crippen molar-refractivity contribution in [2.75, 3.05) is 5.73 Å². The SMILES string of the molecule is Nc1cccc(-n2cc(-c3ccc(F)cc3)c(Oc3ccccc3)cc2=O)c1. The highest BCUT2D eigenvalue weighted by Crippen LogP contribution is 2.33. The van der Waals surface area contributed by atoms with Crippen LogP contribution in [0, 0.1) is 5.82 Å². The van der Waals surface area contributed by atoms with Crippen molar-refractivity contribution in [3.05, 3.63) is 107 Å². The van der Waals surface area contributed by atoms with E-state index in [0.29, 0.717) is 28.4 Å². The monoisotopic (exact) mass is 372 g/mol. The number of benzene rings is 3. The van der Waals surface area contributed by atoms with E-state index in [1.54, 1.807) is 54.7 Å². The Kier molecular flexibility index (Phi) is 4.64. The second-order valence-corrected chi connectivity index (χ2v) is 6.28. The molecule has 0 aliphatic rings. The van der Waals surface area contributed by atoms with Gasteiger partial charge in [-0.3, -0.25) is 9.36 Å². The molecule has 0 atom stereocenters. The van der Waals surface area contributed by atoms with Gasteiger partial charge in [0.25, 0.3) is 5.56 Å². The molecule has 1 heterocycles. The van der Waals surface area contributed by atoms with Gasteiger partial charge in [-0.15, -0.1) is 0 Å². The standard InChI is InChI=1S/C23H17FN2O2/c24-17-11-9-16(10-12-17)21-15-26(19-6-4-5-18(25)13-19)23(27)14-22(21)28-20-7-2-1-3-8-20/h1-15H,25H2. The van der Waals surface area contributed by atoms with Crippen LogP contribution in [0.5, 0.6) is 11.5 Å². The fourth-order valence-electron chi connectivity index (χ4n) is 2.94. The van der Waals surface area contributed by atoms with Crippen LogP contribution in [0.25, 0.3) is 16.8 Å². The van der Waals surface area contributed by atoms with Crippen LogP contribution in [0.2, 0.25) is 0 Å². The summed E-state index contributed by atoms with van der Waals surface area (Å²) in [5.41, 5.74) is 8.18. The second kappa shape index (κ2) is 7.40. The van der Waals surface area contributed by atoms with Gasteiger partial charge < -0.3 is 10.5 Å². The quantitative estimate of drug-likeness (QED) is 0.512. The maximum Gasteiger partial charge on any atom is 0.258 e. The molecule has 4 aromatic rings. The summed E-state index contributed by atoms with van der Waals surface area (Å²) in [4.78, 5) is 12.8. The first-order valence-corrected chi connectivity index (χ1v) is 8.71. The molecule has 2 N–H and O–H groups in total. The average molecular weight is 372 g/mol. The first-order chi connectivity index (χ1) is 13.6. The predicted molar refractivity (Wildman–Crippen MR) is 108 cm³/mol. The Morgan fingerprint density at radius 1 is 0.857 bits per heavy atom. The molecule has 0 radical (unpaired) electrons. The van der Waals surface area contributed by atoms with E-state index in [9.17, 15) is 9.18 Å². The van der Waals surface area contributed by atoms with Gasteiger partial charge in [0.15, 0.2) is 0 Å². The van der Waals surface area contributed by atoms with Crippen molar-refractivity contribution in [1.29, 1.82) is 0 Å². The summed E-state index contributed by atoms with van der Waals surface area (Å²) in [6.45, 7) is 0. The lowest BCUT2D eigenvalue weighted by atomic mass is 10.1. The maximum absolute atomic E-state index is 13.4. The van der Waals surface area contributed by atoms with E-state index in [1.807, 2.05) is 18.2 Å². The molecule has 0 aliphatic carbocycles. The molecule has 0 fully saturated rings. The Hall–Kier alpha value is -3.86. The summed E-state index contributed by atoms with van der Waals surface area (Å²) < 4.78 is 20.9. The van der Waals surface area contributed by atoms with Crippen molar-refractivity contribution in [1.82, 2.24) is 4.57 Å². The first-order valence-electron chi connectivity index (χ1n) is 8.71. The molecule has 0 saturated heterocycles. The molecular formula is C23H17FN2O2. The summed E-state index contributed by atoms with van der Waals surface area (Å²) in [5.74, 6) is 0.661. The summed E-state index contributed by atoms with van der Waals surface area (Å²) in [6.07, 6.45) is 1.68. The van der Waals surface area contributed by atoms with Crippen LogP contribution in [0.4, 0.5) is 10.1 Å². The molecular weight excluding hydrogens is 355 g/mol. The van der Waals surface area contributed by atoms with E-state index in [4.69, 9.17) is 10.5 Å². The van der Waals surface area contributed by atoms with Crippen LogP contribution >= 0.6 is 0 Å². The molecule has 138 valence electrons. The third kappa shape index (κ3) is 3.64. The van der Waals surface area contributed by atoms with Gasteiger partial charge in [-0.25, -0.2) is 4.39 Å². The van der Waals surface area contributed by atoms with Crippen molar-refractivity contribution in [3.8, 4) is 28.3 Å². The molecule has 5 heteroatoms. The molecule has 0 amide bonds. The largest absolute Gasteiger partial charge is 0.456 e. The number of nitrogens with zero attached hydrogens (tertiary/aromatic N) is 1. The van der Waals surface area contributed by atoms with Crippen LogP contribution in [0.3, 0.4) is 0 Å². The topological polar surface area (TPSA) is 57.2 Å². The van der Waals surface area contributed by atoms with E-state index in [0.717, 1.165) is 5.56 Å². The molecule has 0 unspecified atom stereocenters. The molecule has 28 heavy (non-hydrogen) atoms. The summed E-state index contributed by atoms with van der Waals surface area (Å²) in [5, 5.41) is 0. The number of para-hydroxylation sites is 1. The number of anilines is 1. The molecule has 0 aliphatic heterocycles. The van der Waals surface area contributed by atoms with Crippen molar-refractivity contribution in [2.45, 2.75) is 0 Å². The summed E-state index contributed by atoms with van der Waals surface area (Å²) in [7, 11) is 0. The highest BCUT2D eigenvalue weighted by atomic mass is 19.1. The first kappa shape index (κ1) is 17.5. The zero-order chi connectivity index (χ0) is 19.5. The van der Waals surface area contributed by atoms with Crippen LogP contribution in [0.1, 0.15) is 0 Å². The minimum Gasteiger partial charge on any atom is -0.456 e. The van der Waals surface area contributed by atoms with Gasteiger partial charge in [0.2, 0.25) is 0 Å². The number of ether oxygens (including phenoxy) is 1. The Bertz CT molecular complexity index is 1170. The van der Waals surface area contributed by atoms with Crippen LogP contribution in [0.15, 0.2) is 95.9 Å². The number of hydrogen-bond donors (Lipinski definition) is 1. The van der Waals surface area contributed by atoms with E-state index in [-0.39, 0.29) is 11.4 Å². The smallest absolute Gasteiger partial charge is 0.258 e. The summed E-state index contributed by atoms with van der Waals surface area (Å²) in [6, 6.07) is 23.7. The van der Waals surface area contributed by atoms with Gasteiger partial charge in [-0.1, -0.05) is 36.4 Å². The second-order valence-electron chi connectivity index (χ2n) is 6.28. The number of pyridine rings is 1. The lowest BCUT2D eigenvalue weighted by Crippen LogP contribution is -2.17. The molecule has 1 aromatic heterocycles. The normalized spacial score (nSPS) is 10.6. The van der Waals surface area contributed by atoms with Crippen LogP contribution in [-0.2, 0) is 0 Å². The van der Waals surface area contributed by atoms with Gasteiger partial charge in [0.1, 0.15) is 17.3 Å². The minimum atomic E-state index is -0.335. The van der Waals surface area contributed by atoms with Gasteiger partial charge in [-0.05, 0) is 48.0 Å². The maximum atomic E-state index is 13.4. The molecule has 0 spiro atoms. The van der Waals surface area contributed by atoms with Crippen molar-refractivity contribution >= 4 is 5.69 Å². The molecule has 4 rings (SSSR count). The highest BCUT2D eigenvalue weighted by molar-refractivity contribution is 5.70. The van der Waals surface area contributed by atoms with Gasteiger partial charge in [0, 0.05) is 23.5 Å². The molecule has 0 saturated carbocycles. The molecule has 0 bridgehead atoms. The van der Waals surface area contributed by atoms with Crippen molar-refractivity contribution in [3.63, 3.8) is 0 Å². The zero-order valence-corrected chi connectivity index (χ0v) is 14.9. The van der Waals surface area contributed by atoms with Crippen LogP contribution < -0.4 is 16.0 Å². The predicted octanol–water partition coefficient (Wildman–Crippen LogP) is 5.02. The Labute approximate surface area is 161 Å². The number of nitrogen functional groups attached to an aromatic ring is 1. The number of nitrogens with two attached hydrogens (primary N) is 1. The van der Waals surface area contributed by atoms with Crippen molar-refractivity contribution < 1.29 is 9.13 Å². The van der Waals surface area contributed by atoms with Crippen molar-refractivity contribution in [2.24, 2.45) is 0 Å². The lowest BCUT2D eigenvalue weighted by molar-refractivity contribution is 0.482. The van der Waals surface area contributed by atoms with Crippen LogP contribution in [-0.4, -0.2) is 4.57 Å². The number of hydrogen-bond acceptors (Lipinski definition) is 3. The third-order valence-corrected chi connectivity index (χ3v) is 4.29. The Morgan fingerprint density at radius 3 is 2.32 bits per heavy atom. The summed E-state index contributed by atoms with van der Waals surface area (Å²) >= 11 is 0. The van der Waals surface area contributed by atoms with Gasteiger partial charge in [-0.2, -0.15) is 0 Å². The number of halogens is 1. The zero-order valence-electron chi connectivity index (χ0n) is 14.9. The molecule has 4 nitrogen and oxygen atoms in total. The Balaban J connectivity index is 1.89. The highest BCUT2D eigenvalue weighted by Gasteiger charge is 2.13. The fourth-order valence-corrected chi connectivity index (χ4v) is 2.94. The van der Waals surface area contributed by atoms with E-state index >= 15 is 0 Å². The third-order valence-electron chi connectivity index (χ3n) is 4.29. The lowest BCUT2D eigenvalue weighted by Gasteiger charge is -2.15. The fraction of sp³-hybridized carbons (Fsp3) is 0. The van der Waals surface area contributed by atoms with E-state index in [2.05, 4.69) is 0 Å². The van der Waals surface area contributed by atoms with E-state index in [1.165, 1.54) is 22.8 Å². The van der Waals surface area contributed by atoms with E-state index < -0.39 is 0 Å². The van der Waals surface area contributed by atoms with Gasteiger partial charge >= 0.3 is 0 Å². The number of rotatable bonds is 4.